The zero-order valence-corrected chi connectivity index (χ0v) is 12.4. The second-order valence-electron chi connectivity index (χ2n) is 5.13. The van der Waals surface area contributed by atoms with Crippen LogP contribution in [0.1, 0.15) is 38.4 Å². The first-order chi connectivity index (χ1) is 9.74. The summed E-state index contributed by atoms with van der Waals surface area (Å²) in [4.78, 5) is 18.0. The average Bonchev–Trinajstić information content (AvgIpc) is 2.49. The van der Waals surface area contributed by atoms with Crippen molar-refractivity contribution in [3.05, 3.63) is 24.0 Å². The number of nitrogens with one attached hydrogen (secondary N) is 2. The van der Waals surface area contributed by atoms with Gasteiger partial charge in [0, 0.05) is 19.1 Å². The number of carbonyl (C=O) groups is 1. The monoisotopic (exact) mass is 276 g/mol. The number of amides is 1. The zero-order chi connectivity index (χ0) is 14.4. The van der Waals surface area contributed by atoms with Gasteiger partial charge in [0.1, 0.15) is 0 Å². The molecule has 1 amide bonds. The number of anilines is 1. The number of carbonyl (C=O) groups excluding carboxylic acids is 1. The molecule has 2 N–H and O–H groups in total. The van der Waals surface area contributed by atoms with Gasteiger partial charge in [-0.05, 0) is 31.5 Å². The van der Waals surface area contributed by atoms with Crippen molar-refractivity contribution in [1.29, 1.82) is 0 Å². The van der Waals surface area contributed by atoms with Gasteiger partial charge in [-0.1, -0.05) is 13.8 Å². The van der Waals surface area contributed by atoms with Crippen LogP contribution in [0, 0.1) is 0 Å². The van der Waals surface area contributed by atoms with E-state index in [0.717, 1.165) is 37.3 Å². The van der Waals surface area contributed by atoms with Gasteiger partial charge in [0.25, 0.3) is 0 Å². The van der Waals surface area contributed by atoms with E-state index in [-0.39, 0.29) is 5.91 Å². The fraction of sp³-hybridized carbons (Fsp3) is 0.600. The first kappa shape index (κ1) is 14.8. The topological polar surface area (TPSA) is 57.3 Å². The molecule has 0 spiro atoms. The van der Waals surface area contributed by atoms with Crippen molar-refractivity contribution in [3.8, 4) is 0 Å². The fourth-order valence-corrected chi connectivity index (χ4v) is 2.43. The number of rotatable bonds is 6. The highest BCUT2D eigenvalue weighted by Crippen LogP contribution is 2.19. The van der Waals surface area contributed by atoms with Gasteiger partial charge in [0.05, 0.1) is 24.1 Å². The smallest absolute Gasteiger partial charge is 0.239 e. The summed E-state index contributed by atoms with van der Waals surface area (Å²) >= 11 is 0. The fourth-order valence-electron chi connectivity index (χ4n) is 2.43. The Morgan fingerprint density at radius 1 is 1.45 bits per heavy atom. The maximum Gasteiger partial charge on any atom is 0.239 e. The van der Waals surface area contributed by atoms with Crippen molar-refractivity contribution in [3.63, 3.8) is 0 Å². The van der Waals surface area contributed by atoms with Crippen LogP contribution >= 0.6 is 0 Å². The third kappa shape index (κ3) is 3.70. The molecular formula is C15H24N4O. The Morgan fingerprint density at radius 2 is 2.30 bits per heavy atom. The second-order valence-corrected chi connectivity index (χ2v) is 5.13. The molecule has 0 radical (unpaired) electrons. The predicted octanol–water partition coefficient (Wildman–Crippen LogP) is 1.47. The number of hydrogen-bond acceptors (Lipinski definition) is 4. The van der Waals surface area contributed by atoms with E-state index in [4.69, 9.17) is 0 Å². The van der Waals surface area contributed by atoms with E-state index in [1.165, 1.54) is 0 Å². The van der Waals surface area contributed by atoms with E-state index in [2.05, 4.69) is 46.5 Å². The van der Waals surface area contributed by atoms with Gasteiger partial charge in [0.15, 0.2) is 0 Å². The Hall–Kier alpha value is -1.62. The number of hydrogen-bond donors (Lipinski definition) is 2. The van der Waals surface area contributed by atoms with Crippen LogP contribution in [-0.2, 0) is 4.79 Å². The molecule has 1 aliphatic rings. The molecule has 110 valence electrons. The van der Waals surface area contributed by atoms with E-state index in [1.807, 2.05) is 6.20 Å². The summed E-state index contributed by atoms with van der Waals surface area (Å²) in [6, 6.07) is 4.45. The van der Waals surface area contributed by atoms with Gasteiger partial charge in [-0.2, -0.15) is 0 Å². The minimum Gasteiger partial charge on any atom is -0.359 e. The quantitative estimate of drug-likeness (QED) is 0.826. The summed E-state index contributed by atoms with van der Waals surface area (Å²) in [7, 11) is 0. The van der Waals surface area contributed by atoms with E-state index >= 15 is 0 Å². The first-order valence-electron chi connectivity index (χ1n) is 7.45. The highest BCUT2D eigenvalue weighted by molar-refractivity contribution is 5.82. The van der Waals surface area contributed by atoms with Crippen LogP contribution in [0.3, 0.4) is 0 Å². The summed E-state index contributed by atoms with van der Waals surface area (Å²) < 4.78 is 0. The van der Waals surface area contributed by atoms with Crippen molar-refractivity contribution in [2.75, 3.05) is 31.1 Å². The maximum absolute atomic E-state index is 11.4. The third-order valence-electron chi connectivity index (χ3n) is 3.58. The molecule has 1 fully saturated rings. The lowest BCUT2D eigenvalue weighted by atomic mass is 10.1. The molecule has 1 aromatic rings. The molecule has 1 atom stereocenters. The number of pyridine rings is 1. The maximum atomic E-state index is 11.4. The second kappa shape index (κ2) is 7.24. The van der Waals surface area contributed by atoms with Gasteiger partial charge < -0.3 is 15.5 Å². The molecule has 2 rings (SSSR count). The molecule has 1 aliphatic heterocycles. The molecule has 2 heterocycles. The minimum absolute atomic E-state index is 0.0800. The summed E-state index contributed by atoms with van der Waals surface area (Å²) in [5, 5.41) is 6.33. The van der Waals surface area contributed by atoms with Crippen LogP contribution in [0.25, 0.3) is 0 Å². The van der Waals surface area contributed by atoms with Crippen LogP contribution in [-0.4, -0.2) is 37.1 Å². The third-order valence-corrected chi connectivity index (χ3v) is 3.58. The molecule has 1 saturated heterocycles. The lowest BCUT2D eigenvalue weighted by Gasteiger charge is -2.28. The van der Waals surface area contributed by atoms with Crippen molar-refractivity contribution in [2.24, 2.45) is 0 Å². The minimum atomic E-state index is 0.0800. The van der Waals surface area contributed by atoms with Crippen LogP contribution in [0.5, 0.6) is 0 Å². The van der Waals surface area contributed by atoms with Crippen molar-refractivity contribution < 1.29 is 4.79 Å². The lowest BCUT2D eigenvalue weighted by molar-refractivity contribution is -0.120. The highest BCUT2D eigenvalue weighted by atomic mass is 16.2. The Bertz CT molecular complexity index is 432. The molecule has 0 aliphatic carbocycles. The van der Waals surface area contributed by atoms with Gasteiger partial charge in [-0.15, -0.1) is 0 Å². The van der Waals surface area contributed by atoms with Gasteiger partial charge in [0.2, 0.25) is 5.91 Å². The molecule has 5 heteroatoms. The Labute approximate surface area is 120 Å². The Balaban J connectivity index is 2.03. The van der Waals surface area contributed by atoms with Crippen molar-refractivity contribution in [2.45, 2.75) is 32.7 Å². The van der Waals surface area contributed by atoms with E-state index < -0.39 is 0 Å². The number of aromatic nitrogens is 1. The van der Waals surface area contributed by atoms with Gasteiger partial charge in [-0.25, -0.2) is 0 Å². The van der Waals surface area contributed by atoms with E-state index in [9.17, 15) is 4.79 Å². The Kier molecular flexibility index (Phi) is 5.35. The largest absolute Gasteiger partial charge is 0.359 e. The molecular weight excluding hydrogens is 252 g/mol. The number of piperazine rings is 1. The molecule has 0 saturated carbocycles. The molecule has 1 aromatic heterocycles. The Morgan fingerprint density at radius 3 is 2.90 bits per heavy atom. The molecule has 1 unspecified atom stereocenters. The number of nitrogens with zero attached hydrogens (tertiary/aromatic N) is 2. The standard InChI is InChI=1S/C15H24N4O/c1-3-7-16-13(4-2)14-6-5-12(10-18-14)19-9-8-17-15(20)11-19/h5-6,10,13,16H,3-4,7-9,11H2,1-2H3,(H,17,20). The SMILES string of the molecule is CCCNC(CC)c1ccc(N2CCNC(=O)C2)cn1. The summed E-state index contributed by atoms with van der Waals surface area (Å²) in [5.74, 6) is 0.0800. The highest BCUT2D eigenvalue weighted by Gasteiger charge is 2.17. The normalized spacial score (nSPS) is 16.9. The van der Waals surface area contributed by atoms with Crippen LogP contribution in [0.15, 0.2) is 18.3 Å². The summed E-state index contributed by atoms with van der Waals surface area (Å²) in [6.45, 7) is 7.31. The van der Waals surface area contributed by atoms with Crippen LogP contribution in [0.4, 0.5) is 5.69 Å². The molecule has 5 nitrogen and oxygen atoms in total. The molecule has 20 heavy (non-hydrogen) atoms. The van der Waals surface area contributed by atoms with Crippen molar-refractivity contribution in [1.82, 2.24) is 15.6 Å². The van der Waals surface area contributed by atoms with E-state index in [0.29, 0.717) is 19.1 Å². The van der Waals surface area contributed by atoms with Crippen LogP contribution in [0.2, 0.25) is 0 Å². The van der Waals surface area contributed by atoms with Crippen molar-refractivity contribution >= 4 is 11.6 Å². The van der Waals surface area contributed by atoms with Gasteiger partial charge >= 0.3 is 0 Å². The predicted molar refractivity (Wildman–Crippen MR) is 80.8 cm³/mol. The summed E-state index contributed by atoms with van der Waals surface area (Å²) in [5.41, 5.74) is 2.10. The lowest BCUT2D eigenvalue weighted by Crippen LogP contribution is -2.47. The average molecular weight is 276 g/mol. The van der Waals surface area contributed by atoms with Crippen LogP contribution < -0.4 is 15.5 Å². The first-order valence-corrected chi connectivity index (χ1v) is 7.45. The molecule has 0 bridgehead atoms. The van der Waals surface area contributed by atoms with Gasteiger partial charge in [-0.3, -0.25) is 9.78 Å². The van der Waals surface area contributed by atoms with E-state index in [1.54, 1.807) is 0 Å². The molecule has 0 aromatic carbocycles. The summed E-state index contributed by atoms with van der Waals surface area (Å²) in [6.07, 6.45) is 4.03. The zero-order valence-electron chi connectivity index (χ0n) is 12.4.